The van der Waals surface area contributed by atoms with Crippen molar-refractivity contribution >= 4 is 30.6 Å². The molecular weight excluding hydrogens is 249 g/mol. The Morgan fingerprint density at radius 1 is 1.19 bits per heavy atom. The second kappa shape index (κ2) is 7.23. The van der Waals surface area contributed by atoms with E-state index in [1.54, 1.807) is 12.4 Å². The van der Waals surface area contributed by atoms with Crippen LogP contribution < -0.4 is 10.2 Å². The zero-order valence-electron chi connectivity index (χ0n) is 8.59. The first kappa shape index (κ1) is 14.9. The van der Waals surface area contributed by atoms with E-state index in [1.807, 2.05) is 0 Å². The summed E-state index contributed by atoms with van der Waals surface area (Å²) in [5.41, 5.74) is 0.411. The molecule has 88 valence electrons. The molecule has 1 saturated heterocycles. The maximum absolute atomic E-state index is 8.85. The van der Waals surface area contributed by atoms with Crippen LogP contribution in [-0.2, 0) is 0 Å². The predicted octanol–water partition coefficient (Wildman–Crippen LogP) is 0.601. The van der Waals surface area contributed by atoms with Gasteiger partial charge in [-0.1, -0.05) is 0 Å². The average molecular weight is 262 g/mol. The molecule has 1 fully saturated rings. The number of hydrogen-bond donors (Lipinski definition) is 1. The van der Waals surface area contributed by atoms with Crippen LogP contribution in [0.4, 0.5) is 5.82 Å². The van der Waals surface area contributed by atoms with Crippen LogP contribution in [0.25, 0.3) is 0 Å². The van der Waals surface area contributed by atoms with E-state index in [0.29, 0.717) is 11.5 Å². The van der Waals surface area contributed by atoms with Gasteiger partial charge in [-0.15, -0.1) is 24.8 Å². The molecule has 1 aromatic heterocycles. The molecule has 1 aliphatic rings. The van der Waals surface area contributed by atoms with Gasteiger partial charge in [-0.3, -0.25) is 0 Å². The molecule has 2 heterocycles. The molecule has 0 unspecified atom stereocenters. The van der Waals surface area contributed by atoms with E-state index in [0.717, 1.165) is 26.2 Å². The van der Waals surface area contributed by atoms with Crippen LogP contribution in [0.3, 0.4) is 0 Å². The molecule has 0 aliphatic carbocycles. The van der Waals surface area contributed by atoms with Crippen molar-refractivity contribution in [3.05, 3.63) is 18.1 Å². The van der Waals surface area contributed by atoms with Crippen molar-refractivity contribution in [1.29, 1.82) is 5.26 Å². The predicted molar refractivity (Wildman–Crippen MR) is 66.3 cm³/mol. The highest BCUT2D eigenvalue weighted by Gasteiger charge is 2.15. The van der Waals surface area contributed by atoms with Gasteiger partial charge >= 0.3 is 0 Å². The fraction of sp³-hybridized carbons (Fsp3) is 0.444. The van der Waals surface area contributed by atoms with Gasteiger partial charge < -0.3 is 10.2 Å². The lowest BCUT2D eigenvalue weighted by Crippen LogP contribution is -2.44. The highest BCUT2D eigenvalue weighted by atomic mass is 35.5. The van der Waals surface area contributed by atoms with Crippen molar-refractivity contribution in [3.63, 3.8) is 0 Å². The summed E-state index contributed by atoms with van der Waals surface area (Å²) in [4.78, 5) is 10.3. The van der Waals surface area contributed by atoms with Crippen molar-refractivity contribution in [1.82, 2.24) is 15.3 Å². The Kier molecular flexibility index (Phi) is 6.74. The summed E-state index contributed by atoms with van der Waals surface area (Å²) in [6.45, 7) is 3.63. The molecule has 0 saturated carbocycles. The normalized spacial score (nSPS) is 14.3. The van der Waals surface area contributed by atoms with Crippen molar-refractivity contribution in [2.75, 3.05) is 31.1 Å². The number of anilines is 1. The number of nitriles is 1. The number of nitrogens with zero attached hydrogens (tertiary/aromatic N) is 4. The van der Waals surface area contributed by atoms with Gasteiger partial charge in [0.15, 0.2) is 11.5 Å². The Morgan fingerprint density at radius 2 is 1.81 bits per heavy atom. The zero-order valence-corrected chi connectivity index (χ0v) is 10.2. The zero-order chi connectivity index (χ0) is 9.80. The Labute approximate surface area is 107 Å². The van der Waals surface area contributed by atoms with E-state index < -0.39 is 0 Å². The van der Waals surface area contributed by atoms with Crippen LogP contribution in [0, 0.1) is 11.3 Å². The molecule has 0 atom stereocenters. The second-order valence-corrected chi connectivity index (χ2v) is 3.08. The minimum absolute atomic E-state index is 0. The Bertz CT molecular complexity index is 359. The smallest absolute Gasteiger partial charge is 0.183 e. The first-order valence-electron chi connectivity index (χ1n) is 4.58. The van der Waals surface area contributed by atoms with Gasteiger partial charge in [-0.05, 0) is 0 Å². The molecule has 0 aromatic carbocycles. The molecule has 1 aliphatic heterocycles. The van der Waals surface area contributed by atoms with E-state index >= 15 is 0 Å². The summed E-state index contributed by atoms with van der Waals surface area (Å²) in [5.74, 6) is 0.705. The lowest BCUT2D eigenvalue weighted by molar-refractivity contribution is 0.583. The molecule has 2 rings (SSSR count). The van der Waals surface area contributed by atoms with E-state index in [9.17, 15) is 0 Å². The fourth-order valence-corrected chi connectivity index (χ4v) is 1.52. The summed E-state index contributed by atoms with van der Waals surface area (Å²) >= 11 is 0. The maximum atomic E-state index is 8.85. The highest BCUT2D eigenvalue weighted by Crippen LogP contribution is 2.13. The number of aromatic nitrogens is 2. The summed E-state index contributed by atoms with van der Waals surface area (Å²) in [7, 11) is 0. The minimum atomic E-state index is 0. The van der Waals surface area contributed by atoms with Gasteiger partial charge in [0.25, 0.3) is 0 Å². The molecule has 5 nitrogen and oxygen atoms in total. The lowest BCUT2D eigenvalue weighted by Gasteiger charge is -2.28. The number of nitrogens with one attached hydrogen (secondary N) is 1. The van der Waals surface area contributed by atoms with Crippen molar-refractivity contribution in [2.45, 2.75) is 0 Å². The van der Waals surface area contributed by atoms with Crippen LogP contribution in [-0.4, -0.2) is 36.1 Å². The monoisotopic (exact) mass is 261 g/mol. The summed E-state index contributed by atoms with van der Waals surface area (Å²) < 4.78 is 0. The first-order chi connectivity index (χ1) is 6.92. The van der Waals surface area contributed by atoms with Crippen LogP contribution >= 0.6 is 24.8 Å². The first-order valence-corrected chi connectivity index (χ1v) is 4.58. The number of halogens is 2. The third-order valence-electron chi connectivity index (χ3n) is 2.20. The number of rotatable bonds is 1. The summed E-state index contributed by atoms with van der Waals surface area (Å²) in [6.07, 6.45) is 3.17. The fourth-order valence-electron chi connectivity index (χ4n) is 1.52. The van der Waals surface area contributed by atoms with Crippen molar-refractivity contribution in [2.24, 2.45) is 0 Å². The van der Waals surface area contributed by atoms with Gasteiger partial charge in [-0.25, -0.2) is 9.97 Å². The molecule has 1 aromatic rings. The Balaban J connectivity index is 0.00000112. The minimum Gasteiger partial charge on any atom is -0.352 e. The summed E-state index contributed by atoms with van der Waals surface area (Å²) in [5, 5.41) is 12.1. The van der Waals surface area contributed by atoms with E-state index in [2.05, 4.69) is 26.3 Å². The van der Waals surface area contributed by atoms with Crippen LogP contribution in [0.5, 0.6) is 0 Å². The number of piperazine rings is 1. The van der Waals surface area contributed by atoms with E-state index in [1.165, 1.54) is 0 Å². The average Bonchev–Trinajstić information content (AvgIpc) is 2.30. The molecule has 1 N–H and O–H groups in total. The van der Waals surface area contributed by atoms with Crippen LogP contribution in [0.2, 0.25) is 0 Å². The summed E-state index contributed by atoms with van der Waals surface area (Å²) in [6, 6.07) is 2.06. The van der Waals surface area contributed by atoms with Gasteiger partial charge in [0, 0.05) is 38.6 Å². The molecule has 0 bridgehead atoms. The lowest BCUT2D eigenvalue weighted by atomic mass is 10.3. The molecule has 0 radical (unpaired) electrons. The highest BCUT2D eigenvalue weighted by molar-refractivity contribution is 5.85. The largest absolute Gasteiger partial charge is 0.352 e. The van der Waals surface area contributed by atoms with Gasteiger partial charge in [-0.2, -0.15) is 5.26 Å². The van der Waals surface area contributed by atoms with E-state index in [-0.39, 0.29) is 24.8 Å². The standard InChI is InChI=1S/C9H11N5.2ClH/c10-7-8-9(13-2-1-12-8)14-5-3-11-4-6-14;;/h1-2,11H,3-6H2;2*1H. The molecule has 7 heteroatoms. The Morgan fingerprint density at radius 3 is 2.44 bits per heavy atom. The molecular formula is C9H13Cl2N5. The Hall–Kier alpha value is -1.09. The van der Waals surface area contributed by atoms with Gasteiger partial charge in [0.05, 0.1) is 0 Å². The van der Waals surface area contributed by atoms with Crippen LogP contribution in [0.15, 0.2) is 12.4 Å². The second-order valence-electron chi connectivity index (χ2n) is 3.08. The molecule has 16 heavy (non-hydrogen) atoms. The molecule has 0 amide bonds. The topological polar surface area (TPSA) is 64.8 Å². The quantitative estimate of drug-likeness (QED) is 0.803. The van der Waals surface area contributed by atoms with Crippen LogP contribution in [0.1, 0.15) is 5.69 Å². The van der Waals surface area contributed by atoms with Gasteiger partial charge in [0.2, 0.25) is 0 Å². The van der Waals surface area contributed by atoms with Gasteiger partial charge in [0.1, 0.15) is 6.07 Å². The number of hydrogen-bond acceptors (Lipinski definition) is 5. The van der Waals surface area contributed by atoms with E-state index in [4.69, 9.17) is 5.26 Å². The molecule has 0 spiro atoms. The van der Waals surface area contributed by atoms with Crippen molar-refractivity contribution < 1.29 is 0 Å². The third kappa shape index (κ3) is 3.20. The maximum Gasteiger partial charge on any atom is 0.183 e. The van der Waals surface area contributed by atoms with Crippen molar-refractivity contribution in [3.8, 4) is 6.07 Å². The third-order valence-corrected chi connectivity index (χ3v) is 2.20. The SMILES string of the molecule is Cl.Cl.N#Cc1nccnc1N1CCNCC1.